The minimum Gasteiger partial charge on any atom is -0.313 e. The van der Waals surface area contributed by atoms with Gasteiger partial charge in [0.25, 0.3) is 0 Å². The van der Waals surface area contributed by atoms with Crippen molar-refractivity contribution in [2.24, 2.45) is 5.92 Å². The van der Waals surface area contributed by atoms with Crippen LogP contribution in [0.3, 0.4) is 0 Å². The molecule has 2 nitrogen and oxygen atoms in total. The van der Waals surface area contributed by atoms with Gasteiger partial charge >= 0.3 is 0 Å². The molecule has 1 N–H and O–H groups in total. The van der Waals surface area contributed by atoms with Gasteiger partial charge < -0.3 is 5.32 Å². The lowest BCUT2D eigenvalue weighted by molar-refractivity contribution is 0.111. The third kappa shape index (κ3) is 4.82. The molecule has 0 heterocycles. The molecule has 0 spiro atoms. The van der Waals surface area contributed by atoms with Crippen molar-refractivity contribution in [3.05, 3.63) is 35.9 Å². The maximum atomic E-state index is 3.72. The molecule has 2 heteroatoms. The molecule has 21 heavy (non-hydrogen) atoms. The van der Waals surface area contributed by atoms with Crippen LogP contribution in [0, 0.1) is 5.92 Å². The second kappa shape index (κ2) is 8.55. The van der Waals surface area contributed by atoms with Crippen molar-refractivity contribution in [1.29, 1.82) is 0 Å². The second-order valence-corrected chi connectivity index (χ2v) is 6.60. The molecule has 2 rings (SSSR count). The summed E-state index contributed by atoms with van der Waals surface area (Å²) in [5, 5.41) is 3.72. The van der Waals surface area contributed by atoms with Gasteiger partial charge in [0.05, 0.1) is 0 Å². The summed E-state index contributed by atoms with van der Waals surface area (Å²) in [4.78, 5) is 2.57. The second-order valence-electron chi connectivity index (χ2n) is 6.60. The van der Waals surface area contributed by atoms with E-state index in [4.69, 9.17) is 0 Å². The van der Waals surface area contributed by atoms with E-state index in [1.54, 1.807) is 0 Å². The predicted molar refractivity (Wildman–Crippen MR) is 91.4 cm³/mol. The SMILES string of the molecule is CCCC1CCC(NCC)C(N(C)Cc2ccccc2)C1. The van der Waals surface area contributed by atoms with Crippen molar-refractivity contribution in [3.8, 4) is 0 Å². The van der Waals surface area contributed by atoms with E-state index in [0.717, 1.165) is 19.0 Å². The van der Waals surface area contributed by atoms with Crippen molar-refractivity contribution in [1.82, 2.24) is 10.2 Å². The van der Waals surface area contributed by atoms with Gasteiger partial charge in [-0.2, -0.15) is 0 Å². The predicted octanol–water partition coefficient (Wildman–Crippen LogP) is 4.07. The first-order valence-electron chi connectivity index (χ1n) is 8.72. The maximum Gasteiger partial charge on any atom is 0.0252 e. The number of benzene rings is 1. The Morgan fingerprint density at radius 2 is 1.90 bits per heavy atom. The normalized spacial score (nSPS) is 26.2. The number of hydrogen-bond acceptors (Lipinski definition) is 2. The summed E-state index contributed by atoms with van der Waals surface area (Å²) in [5.41, 5.74) is 1.42. The minimum absolute atomic E-state index is 0.664. The highest BCUT2D eigenvalue weighted by Crippen LogP contribution is 2.31. The molecule has 1 saturated carbocycles. The largest absolute Gasteiger partial charge is 0.313 e. The molecule has 1 aromatic carbocycles. The zero-order valence-corrected chi connectivity index (χ0v) is 14.0. The Kier molecular flexibility index (Phi) is 6.72. The Morgan fingerprint density at radius 3 is 2.57 bits per heavy atom. The quantitative estimate of drug-likeness (QED) is 0.814. The van der Waals surface area contributed by atoms with E-state index < -0.39 is 0 Å². The van der Waals surface area contributed by atoms with Gasteiger partial charge in [-0.1, -0.05) is 57.0 Å². The maximum absolute atomic E-state index is 3.72. The Bertz CT molecular complexity index is 390. The van der Waals surface area contributed by atoms with Crippen LogP contribution in [0.25, 0.3) is 0 Å². The van der Waals surface area contributed by atoms with Gasteiger partial charge in [-0.25, -0.2) is 0 Å². The van der Waals surface area contributed by atoms with E-state index in [-0.39, 0.29) is 0 Å². The summed E-state index contributed by atoms with van der Waals surface area (Å²) in [7, 11) is 2.30. The average molecular weight is 288 g/mol. The number of likely N-dealkylation sites (N-methyl/N-ethyl adjacent to an activating group) is 2. The molecule has 1 fully saturated rings. The smallest absolute Gasteiger partial charge is 0.0252 e. The lowest BCUT2D eigenvalue weighted by Gasteiger charge is -2.41. The van der Waals surface area contributed by atoms with Crippen LogP contribution < -0.4 is 5.32 Å². The fraction of sp³-hybridized carbons (Fsp3) is 0.684. The molecule has 0 bridgehead atoms. The van der Waals surface area contributed by atoms with Crippen LogP contribution in [0.5, 0.6) is 0 Å². The molecule has 0 aromatic heterocycles. The van der Waals surface area contributed by atoms with E-state index >= 15 is 0 Å². The summed E-state index contributed by atoms with van der Waals surface area (Å²) in [6, 6.07) is 12.2. The van der Waals surface area contributed by atoms with Gasteiger partial charge in [0.1, 0.15) is 0 Å². The fourth-order valence-electron chi connectivity index (χ4n) is 3.88. The zero-order chi connectivity index (χ0) is 15.1. The standard InChI is InChI=1S/C19H32N2/c1-4-9-16-12-13-18(20-5-2)19(14-16)21(3)15-17-10-7-6-8-11-17/h6-8,10-11,16,18-20H,4-5,9,12-15H2,1-3H3. The minimum atomic E-state index is 0.664. The molecule has 0 aliphatic heterocycles. The molecule has 118 valence electrons. The number of hydrogen-bond donors (Lipinski definition) is 1. The molecule has 0 saturated heterocycles. The van der Waals surface area contributed by atoms with Crippen LogP contribution in [-0.2, 0) is 6.54 Å². The van der Waals surface area contributed by atoms with E-state index in [1.165, 1.54) is 37.7 Å². The molecule has 3 atom stereocenters. The van der Waals surface area contributed by atoms with Crippen LogP contribution >= 0.6 is 0 Å². The van der Waals surface area contributed by atoms with Crippen LogP contribution in [0.2, 0.25) is 0 Å². The fourth-order valence-corrected chi connectivity index (χ4v) is 3.88. The topological polar surface area (TPSA) is 15.3 Å². The van der Waals surface area contributed by atoms with Crippen LogP contribution in [0.4, 0.5) is 0 Å². The molecule has 0 radical (unpaired) electrons. The van der Waals surface area contributed by atoms with Crippen LogP contribution in [0.15, 0.2) is 30.3 Å². The van der Waals surface area contributed by atoms with E-state index in [0.29, 0.717) is 12.1 Å². The number of nitrogens with one attached hydrogen (secondary N) is 1. The van der Waals surface area contributed by atoms with Crippen molar-refractivity contribution in [2.45, 2.75) is 64.6 Å². The highest BCUT2D eigenvalue weighted by atomic mass is 15.2. The molecule has 1 aliphatic rings. The summed E-state index contributed by atoms with van der Waals surface area (Å²) in [6.07, 6.45) is 6.82. The van der Waals surface area contributed by atoms with Gasteiger partial charge in [0.15, 0.2) is 0 Å². The lowest BCUT2D eigenvalue weighted by atomic mass is 9.79. The Hall–Kier alpha value is -0.860. The lowest BCUT2D eigenvalue weighted by Crippen LogP contribution is -2.51. The zero-order valence-electron chi connectivity index (χ0n) is 14.0. The molecular weight excluding hydrogens is 256 g/mol. The summed E-state index contributed by atoms with van der Waals surface area (Å²) < 4.78 is 0. The molecule has 3 unspecified atom stereocenters. The van der Waals surface area contributed by atoms with Gasteiger partial charge in [-0.15, -0.1) is 0 Å². The van der Waals surface area contributed by atoms with Crippen molar-refractivity contribution >= 4 is 0 Å². The molecule has 1 aliphatic carbocycles. The van der Waals surface area contributed by atoms with Gasteiger partial charge in [0, 0.05) is 18.6 Å². The third-order valence-electron chi connectivity index (χ3n) is 4.93. The third-order valence-corrected chi connectivity index (χ3v) is 4.93. The van der Waals surface area contributed by atoms with Crippen molar-refractivity contribution in [2.75, 3.05) is 13.6 Å². The molecular formula is C19H32N2. The summed E-state index contributed by atoms with van der Waals surface area (Å²) in [6.45, 7) is 6.69. The van der Waals surface area contributed by atoms with Crippen molar-refractivity contribution in [3.63, 3.8) is 0 Å². The van der Waals surface area contributed by atoms with E-state index in [9.17, 15) is 0 Å². The first kappa shape index (κ1) is 16.5. The highest BCUT2D eigenvalue weighted by molar-refractivity contribution is 5.14. The van der Waals surface area contributed by atoms with Crippen LogP contribution in [-0.4, -0.2) is 30.6 Å². The van der Waals surface area contributed by atoms with Gasteiger partial charge in [-0.3, -0.25) is 4.90 Å². The summed E-state index contributed by atoms with van der Waals surface area (Å²) in [5.74, 6) is 0.924. The number of rotatable bonds is 7. The summed E-state index contributed by atoms with van der Waals surface area (Å²) >= 11 is 0. The average Bonchev–Trinajstić information content (AvgIpc) is 2.50. The van der Waals surface area contributed by atoms with E-state index in [2.05, 4.69) is 61.4 Å². The van der Waals surface area contributed by atoms with E-state index in [1.807, 2.05) is 0 Å². The Morgan fingerprint density at radius 1 is 1.14 bits per heavy atom. The van der Waals surface area contributed by atoms with Crippen LogP contribution in [0.1, 0.15) is 51.5 Å². The van der Waals surface area contributed by atoms with Gasteiger partial charge in [-0.05, 0) is 44.3 Å². The molecule has 0 amide bonds. The number of nitrogens with zero attached hydrogens (tertiary/aromatic N) is 1. The molecule has 1 aromatic rings. The Balaban J connectivity index is 2.00. The van der Waals surface area contributed by atoms with Gasteiger partial charge in [0.2, 0.25) is 0 Å². The first-order valence-corrected chi connectivity index (χ1v) is 8.72. The monoisotopic (exact) mass is 288 g/mol. The highest BCUT2D eigenvalue weighted by Gasteiger charge is 2.32. The first-order chi connectivity index (χ1) is 10.2. The Labute approximate surface area is 130 Å². The van der Waals surface area contributed by atoms with Crippen molar-refractivity contribution < 1.29 is 0 Å².